The minimum atomic E-state index is -3.56. The molecule has 0 atom stereocenters. The van der Waals surface area contributed by atoms with E-state index in [4.69, 9.17) is 27.9 Å². The van der Waals surface area contributed by atoms with Gasteiger partial charge in [-0.15, -0.1) is 0 Å². The van der Waals surface area contributed by atoms with Crippen molar-refractivity contribution >= 4 is 33.2 Å². The Morgan fingerprint density at radius 2 is 1.76 bits per heavy atom. The maximum atomic E-state index is 12.1. The van der Waals surface area contributed by atoms with E-state index < -0.39 is 10.0 Å². The lowest BCUT2D eigenvalue weighted by Gasteiger charge is -2.23. The first kappa shape index (κ1) is 17.0. The molecule has 1 aliphatic rings. The van der Waals surface area contributed by atoms with Gasteiger partial charge in [-0.05, 0) is 18.2 Å². The average molecular weight is 354 g/mol. The van der Waals surface area contributed by atoms with Gasteiger partial charge in [-0.3, -0.25) is 0 Å². The van der Waals surface area contributed by atoms with E-state index in [0.29, 0.717) is 16.6 Å². The molecule has 0 amide bonds. The molecule has 0 bridgehead atoms. The lowest BCUT2D eigenvalue weighted by molar-refractivity contribution is -0.908. The second kappa shape index (κ2) is 7.76. The van der Waals surface area contributed by atoms with Crippen LogP contribution in [0.2, 0.25) is 10.0 Å². The van der Waals surface area contributed by atoms with E-state index >= 15 is 0 Å². The topological polar surface area (TPSA) is 59.8 Å². The standard InChI is InChI=1S/C13H18Cl2N2O3S/c14-11-8-12(15)10-13(9-11)21(18,19)16-2-1-3-17-4-6-20-7-5-17/h8-10,16H,1-7H2/p+1. The Balaban J connectivity index is 1.83. The van der Waals surface area contributed by atoms with Gasteiger partial charge in [0.1, 0.15) is 13.1 Å². The zero-order valence-electron chi connectivity index (χ0n) is 11.6. The Morgan fingerprint density at radius 3 is 2.38 bits per heavy atom. The third-order valence-corrected chi connectivity index (χ3v) is 5.22. The van der Waals surface area contributed by atoms with E-state index in [1.54, 1.807) is 0 Å². The van der Waals surface area contributed by atoms with Crippen molar-refractivity contribution in [2.24, 2.45) is 0 Å². The van der Waals surface area contributed by atoms with Crippen LogP contribution in [0.15, 0.2) is 23.1 Å². The molecule has 21 heavy (non-hydrogen) atoms. The summed E-state index contributed by atoms with van der Waals surface area (Å²) in [5.74, 6) is 0. The molecular weight excluding hydrogens is 335 g/mol. The van der Waals surface area contributed by atoms with Crippen LogP contribution in [0.25, 0.3) is 0 Å². The van der Waals surface area contributed by atoms with Crippen LogP contribution < -0.4 is 9.62 Å². The van der Waals surface area contributed by atoms with Crippen molar-refractivity contribution in [2.75, 3.05) is 39.4 Å². The van der Waals surface area contributed by atoms with E-state index in [2.05, 4.69) is 4.72 Å². The highest BCUT2D eigenvalue weighted by Gasteiger charge is 2.16. The highest BCUT2D eigenvalue weighted by Crippen LogP contribution is 2.22. The van der Waals surface area contributed by atoms with Gasteiger partial charge in [0.2, 0.25) is 10.0 Å². The number of morpholine rings is 1. The number of benzene rings is 1. The molecule has 0 unspecified atom stereocenters. The number of hydrogen-bond donors (Lipinski definition) is 2. The van der Waals surface area contributed by atoms with Crippen molar-refractivity contribution in [1.82, 2.24) is 4.72 Å². The first-order valence-corrected chi connectivity index (χ1v) is 9.08. The molecule has 1 aliphatic heterocycles. The van der Waals surface area contributed by atoms with Crippen molar-refractivity contribution in [1.29, 1.82) is 0 Å². The quantitative estimate of drug-likeness (QED) is 0.735. The second-order valence-electron chi connectivity index (χ2n) is 4.97. The molecule has 0 saturated carbocycles. The molecule has 0 spiro atoms. The number of nitrogens with one attached hydrogen (secondary N) is 2. The van der Waals surface area contributed by atoms with Crippen LogP contribution in [-0.4, -0.2) is 47.8 Å². The molecule has 2 N–H and O–H groups in total. The molecule has 0 aliphatic carbocycles. The Kier molecular flexibility index (Phi) is 6.28. The lowest BCUT2D eigenvalue weighted by atomic mass is 10.3. The van der Waals surface area contributed by atoms with Crippen molar-refractivity contribution in [3.63, 3.8) is 0 Å². The Morgan fingerprint density at radius 1 is 1.14 bits per heavy atom. The van der Waals surface area contributed by atoms with Crippen LogP contribution >= 0.6 is 23.2 Å². The van der Waals surface area contributed by atoms with E-state index in [-0.39, 0.29) is 4.90 Å². The SMILES string of the molecule is O=S(=O)(NCCC[NH+]1CCOCC1)c1cc(Cl)cc(Cl)c1. The van der Waals surface area contributed by atoms with Crippen molar-refractivity contribution < 1.29 is 18.1 Å². The van der Waals surface area contributed by atoms with Crippen molar-refractivity contribution in [2.45, 2.75) is 11.3 Å². The van der Waals surface area contributed by atoms with Gasteiger partial charge in [0, 0.05) is 23.0 Å². The summed E-state index contributed by atoms with van der Waals surface area (Å²) >= 11 is 11.7. The van der Waals surface area contributed by atoms with Gasteiger partial charge in [0.15, 0.2) is 0 Å². The van der Waals surface area contributed by atoms with Crippen LogP contribution in [0.3, 0.4) is 0 Å². The van der Waals surface area contributed by atoms with E-state index in [9.17, 15) is 8.42 Å². The highest BCUT2D eigenvalue weighted by atomic mass is 35.5. The smallest absolute Gasteiger partial charge is 0.240 e. The third-order valence-electron chi connectivity index (χ3n) is 3.35. The van der Waals surface area contributed by atoms with Crippen molar-refractivity contribution in [3.05, 3.63) is 28.2 Å². The third kappa shape index (κ3) is 5.39. The Labute approximate surface area is 135 Å². The van der Waals surface area contributed by atoms with Crippen molar-refractivity contribution in [3.8, 4) is 0 Å². The summed E-state index contributed by atoms with van der Waals surface area (Å²) in [6, 6.07) is 4.29. The predicted molar refractivity (Wildman–Crippen MR) is 82.7 cm³/mol. The molecule has 1 heterocycles. The summed E-state index contributed by atoms with van der Waals surface area (Å²) in [5.41, 5.74) is 0. The molecule has 0 aromatic heterocycles. The average Bonchev–Trinajstić information content (AvgIpc) is 2.44. The molecule has 2 rings (SSSR count). The number of sulfonamides is 1. The number of halogens is 2. The lowest BCUT2D eigenvalue weighted by Crippen LogP contribution is -3.14. The van der Waals surface area contributed by atoms with E-state index in [1.807, 2.05) is 0 Å². The van der Waals surface area contributed by atoms with Gasteiger partial charge in [-0.1, -0.05) is 23.2 Å². The summed E-state index contributed by atoms with van der Waals surface area (Å²) in [4.78, 5) is 1.55. The van der Waals surface area contributed by atoms with Crippen LogP contribution in [0.1, 0.15) is 6.42 Å². The van der Waals surface area contributed by atoms with Gasteiger partial charge >= 0.3 is 0 Å². The molecule has 118 valence electrons. The summed E-state index contributed by atoms with van der Waals surface area (Å²) in [6.45, 7) is 4.86. The fraction of sp³-hybridized carbons (Fsp3) is 0.538. The minimum absolute atomic E-state index is 0.0960. The van der Waals surface area contributed by atoms with Gasteiger partial charge in [0.25, 0.3) is 0 Å². The highest BCUT2D eigenvalue weighted by molar-refractivity contribution is 7.89. The molecule has 1 aromatic rings. The maximum Gasteiger partial charge on any atom is 0.240 e. The molecule has 5 nitrogen and oxygen atoms in total. The van der Waals surface area contributed by atoms with Gasteiger partial charge < -0.3 is 9.64 Å². The van der Waals surface area contributed by atoms with E-state index in [0.717, 1.165) is 39.3 Å². The zero-order chi connectivity index (χ0) is 15.3. The summed E-state index contributed by atoms with van der Waals surface area (Å²) < 4.78 is 32.1. The normalized spacial score (nSPS) is 17.0. The summed E-state index contributed by atoms with van der Waals surface area (Å²) in [6.07, 6.45) is 0.781. The fourth-order valence-electron chi connectivity index (χ4n) is 2.22. The Hall–Kier alpha value is -0.370. The molecule has 1 saturated heterocycles. The largest absolute Gasteiger partial charge is 0.370 e. The summed E-state index contributed by atoms with van der Waals surface area (Å²) in [7, 11) is -3.56. The first-order chi connectivity index (χ1) is 9.97. The number of ether oxygens (including phenoxy) is 1. The van der Waals surface area contributed by atoms with Gasteiger partial charge in [-0.25, -0.2) is 13.1 Å². The number of quaternary nitrogens is 1. The van der Waals surface area contributed by atoms with Crippen LogP contribution in [0.5, 0.6) is 0 Å². The number of rotatable bonds is 6. The van der Waals surface area contributed by atoms with Gasteiger partial charge in [0.05, 0.1) is 24.7 Å². The molecule has 1 aromatic carbocycles. The van der Waals surface area contributed by atoms with E-state index in [1.165, 1.54) is 23.1 Å². The van der Waals surface area contributed by atoms with Crippen LogP contribution in [0, 0.1) is 0 Å². The monoisotopic (exact) mass is 353 g/mol. The zero-order valence-corrected chi connectivity index (χ0v) is 13.9. The molecule has 0 radical (unpaired) electrons. The second-order valence-corrected chi connectivity index (χ2v) is 7.61. The molecular formula is C13H19Cl2N2O3S+. The first-order valence-electron chi connectivity index (χ1n) is 6.84. The minimum Gasteiger partial charge on any atom is -0.370 e. The molecule has 8 heteroatoms. The summed E-state index contributed by atoms with van der Waals surface area (Å²) in [5, 5.41) is 0.612. The van der Waals surface area contributed by atoms with Crippen LogP contribution in [0.4, 0.5) is 0 Å². The molecule has 1 fully saturated rings. The van der Waals surface area contributed by atoms with Crippen LogP contribution in [-0.2, 0) is 14.8 Å². The fourth-order valence-corrected chi connectivity index (χ4v) is 4.02. The predicted octanol–water partition coefficient (Wildman–Crippen LogP) is 0.577. The Bertz CT molecular complexity index is 555. The number of hydrogen-bond acceptors (Lipinski definition) is 3. The maximum absolute atomic E-state index is 12.1. The van der Waals surface area contributed by atoms with Gasteiger partial charge in [-0.2, -0.15) is 0 Å².